The van der Waals surface area contributed by atoms with E-state index < -0.39 is 0 Å². The Bertz CT molecular complexity index is 1870. The zero-order chi connectivity index (χ0) is 29.5. The molecule has 216 valence electrons. The Morgan fingerprint density at radius 3 is 2.50 bits per heavy atom. The maximum atomic E-state index is 6.08. The van der Waals surface area contributed by atoms with Gasteiger partial charge in [-0.05, 0) is 58.1 Å². The number of nitrogens with zero attached hydrogens (tertiary/aromatic N) is 11. The minimum Gasteiger partial charge on any atom is -0.402 e. The van der Waals surface area contributed by atoms with E-state index in [1.165, 1.54) is 0 Å². The lowest BCUT2D eigenvalue weighted by Crippen LogP contribution is -2.18. The summed E-state index contributed by atoms with van der Waals surface area (Å²) in [5.41, 5.74) is 9.78. The second-order valence-electron chi connectivity index (χ2n) is 11.0. The van der Waals surface area contributed by atoms with Gasteiger partial charge in [0.2, 0.25) is 0 Å². The van der Waals surface area contributed by atoms with Crippen molar-refractivity contribution in [3.05, 3.63) is 71.7 Å². The second-order valence-corrected chi connectivity index (χ2v) is 11.0. The Morgan fingerprint density at radius 1 is 0.929 bits per heavy atom. The molecule has 6 aromatic heterocycles. The van der Waals surface area contributed by atoms with Crippen LogP contribution in [0.5, 0.6) is 0 Å². The molecule has 0 bridgehead atoms. The Labute approximate surface area is 244 Å². The van der Waals surface area contributed by atoms with Crippen molar-refractivity contribution in [1.29, 1.82) is 0 Å². The maximum absolute atomic E-state index is 6.08. The highest BCUT2D eigenvalue weighted by molar-refractivity contribution is 5.70. The average molecular weight is 566 g/mol. The number of hydrogen-bond donors (Lipinski definition) is 0. The summed E-state index contributed by atoms with van der Waals surface area (Å²) in [7, 11) is 8.00. The summed E-state index contributed by atoms with van der Waals surface area (Å²) >= 11 is 0. The Balaban J connectivity index is 1.20. The standard InChI is InChI=1S/C30H35N11O/c1-19-12-23(27-20(2)36-39(7)21(27)3)13-32-28(19)29-34-35-30(42-29)38(6)16-22-8-9-26-31-15-25(41(26)17-22)24-14-33-40(18-24)11-10-37(4)5/h8-9,12-15,17-18H,10-11,16H2,1-7H3. The Morgan fingerprint density at radius 2 is 1.76 bits per heavy atom. The van der Waals surface area contributed by atoms with Gasteiger partial charge in [0.25, 0.3) is 5.89 Å². The zero-order valence-electron chi connectivity index (χ0n) is 25.1. The lowest BCUT2D eigenvalue weighted by atomic mass is 10.0. The van der Waals surface area contributed by atoms with Crippen molar-refractivity contribution in [2.24, 2.45) is 7.05 Å². The van der Waals surface area contributed by atoms with Gasteiger partial charge in [-0.3, -0.25) is 18.7 Å². The molecule has 0 aromatic carbocycles. The van der Waals surface area contributed by atoms with E-state index in [4.69, 9.17) is 9.40 Å². The number of likely N-dealkylation sites (N-methyl/N-ethyl adjacent to an activating group) is 1. The molecule has 12 heteroatoms. The fraction of sp³-hybridized carbons (Fsp3) is 0.333. The van der Waals surface area contributed by atoms with Crippen LogP contribution in [0.1, 0.15) is 22.5 Å². The molecule has 6 aromatic rings. The van der Waals surface area contributed by atoms with Gasteiger partial charge in [-0.15, -0.1) is 5.10 Å². The van der Waals surface area contributed by atoms with Gasteiger partial charge in [0.1, 0.15) is 11.3 Å². The van der Waals surface area contributed by atoms with Crippen LogP contribution in [0, 0.1) is 20.8 Å². The first-order valence-corrected chi connectivity index (χ1v) is 13.8. The van der Waals surface area contributed by atoms with E-state index in [2.05, 4.69) is 80.2 Å². The highest BCUT2D eigenvalue weighted by Gasteiger charge is 2.19. The first-order valence-electron chi connectivity index (χ1n) is 13.8. The van der Waals surface area contributed by atoms with Gasteiger partial charge in [0.05, 0.1) is 30.3 Å². The lowest BCUT2D eigenvalue weighted by Gasteiger charge is -2.14. The van der Waals surface area contributed by atoms with Crippen LogP contribution in [0.25, 0.3) is 39.6 Å². The predicted octanol–water partition coefficient (Wildman–Crippen LogP) is 4.17. The lowest BCUT2D eigenvalue weighted by molar-refractivity contribution is 0.373. The molecule has 0 radical (unpaired) electrons. The third-order valence-electron chi connectivity index (χ3n) is 7.51. The molecule has 0 aliphatic rings. The molecular weight excluding hydrogens is 530 g/mol. The van der Waals surface area contributed by atoms with Crippen molar-refractivity contribution in [3.8, 4) is 34.0 Å². The van der Waals surface area contributed by atoms with Crippen LogP contribution < -0.4 is 4.90 Å². The number of aryl methyl sites for hydroxylation is 3. The second kappa shape index (κ2) is 10.9. The number of rotatable bonds is 9. The van der Waals surface area contributed by atoms with Gasteiger partial charge >= 0.3 is 6.01 Å². The highest BCUT2D eigenvalue weighted by atomic mass is 16.4. The smallest absolute Gasteiger partial charge is 0.318 e. The number of pyridine rings is 2. The number of aromatic nitrogens is 9. The van der Waals surface area contributed by atoms with Crippen LogP contribution in [0.2, 0.25) is 0 Å². The molecule has 0 aliphatic heterocycles. The minimum atomic E-state index is 0.388. The Hall–Kier alpha value is -4.84. The molecule has 0 N–H and O–H groups in total. The van der Waals surface area contributed by atoms with Crippen molar-refractivity contribution in [3.63, 3.8) is 0 Å². The van der Waals surface area contributed by atoms with Crippen LogP contribution in [0.3, 0.4) is 0 Å². The van der Waals surface area contributed by atoms with Gasteiger partial charge < -0.3 is 14.2 Å². The number of anilines is 1. The summed E-state index contributed by atoms with van der Waals surface area (Å²) in [5.74, 6) is 0.388. The van der Waals surface area contributed by atoms with Crippen LogP contribution >= 0.6 is 0 Å². The molecule has 0 amide bonds. The fourth-order valence-electron chi connectivity index (χ4n) is 5.19. The molecule has 0 aliphatic carbocycles. The zero-order valence-corrected chi connectivity index (χ0v) is 25.1. The van der Waals surface area contributed by atoms with E-state index in [-0.39, 0.29) is 0 Å². The fourth-order valence-corrected chi connectivity index (χ4v) is 5.19. The van der Waals surface area contributed by atoms with Crippen molar-refractivity contribution in [2.45, 2.75) is 33.9 Å². The maximum Gasteiger partial charge on any atom is 0.318 e. The number of fused-ring (bicyclic) bond motifs is 1. The third kappa shape index (κ3) is 5.16. The largest absolute Gasteiger partial charge is 0.402 e. The van der Waals surface area contributed by atoms with E-state index in [9.17, 15) is 0 Å². The molecule has 6 rings (SSSR count). The molecule has 42 heavy (non-hydrogen) atoms. The molecule has 0 fully saturated rings. The van der Waals surface area contributed by atoms with Crippen LogP contribution in [-0.4, -0.2) is 76.7 Å². The van der Waals surface area contributed by atoms with Crippen LogP contribution in [0.15, 0.2) is 53.6 Å². The summed E-state index contributed by atoms with van der Waals surface area (Å²) in [6.07, 6.45) is 9.77. The van der Waals surface area contributed by atoms with Gasteiger partial charge in [0, 0.05) is 68.2 Å². The third-order valence-corrected chi connectivity index (χ3v) is 7.51. The summed E-state index contributed by atoms with van der Waals surface area (Å²) in [4.78, 5) is 13.4. The van der Waals surface area contributed by atoms with E-state index in [1.54, 1.807) is 0 Å². The van der Waals surface area contributed by atoms with Gasteiger partial charge in [-0.25, -0.2) is 4.98 Å². The minimum absolute atomic E-state index is 0.388. The normalized spacial score (nSPS) is 11.7. The van der Waals surface area contributed by atoms with Crippen LogP contribution in [-0.2, 0) is 20.1 Å². The van der Waals surface area contributed by atoms with Gasteiger partial charge in [-0.2, -0.15) is 10.2 Å². The van der Waals surface area contributed by atoms with Gasteiger partial charge in [0.15, 0.2) is 0 Å². The summed E-state index contributed by atoms with van der Waals surface area (Å²) in [6.45, 7) is 8.40. The molecule has 0 saturated heterocycles. The molecule has 12 nitrogen and oxygen atoms in total. The van der Waals surface area contributed by atoms with Gasteiger partial charge in [-0.1, -0.05) is 11.2 Å². The number of hydrogen-bond acceptors (Lipinski definition) is 9. The first-order chi connectivity index (χ1) is 20.2. The summed E-state index contributed by atoms with van der Waals surface area (Å²) in [6, 6.07) is 6.59. The monoisotopic (exact) mass is 565 g/mol. The first kappa shape index (κ1) is 27.3. The SMILES string of the molecule is Cc1cc(-c2c(C)nn(C)c2C)cnc1-c1nnc(N(C)Cc2ccc3ncc(-c4cnn(CCN(C)C)c4)n3c2)o1. The molecule has 6 heterocycles. The average Bonchev–Trinajstić information content (AvgIpc) is 3.74. The highest BCUT2D eigenvalue weighted by Crippen LogP contribution is 2.30. The van der Waals surface area contributed by atoms with E-state index in [0.717, 1.165) is 63.6 Å². The van der Waals surface area contributed by atoms with Crippen LogP contribution in [0.4, 0.5) is 6.01 Å². The topological polar surface area (TPSA) is 111 Å². The quantitative estimate of drug-likeness (QED) is 0.255. The van der Waals surface area contributed by atoms with Crippen molar-refractivity contribution in [1.82, 2.24) is 49.0 Å². The molecule has 0 saturated carbocycles. The number of imidazole rings is 1. The van der Waals surface area contributed by atoms with Crippen molar-refractivity contribution < 1.29 is 4.42 Å². The molecule has 0 atom stereocenters. The van der Waals surface area contributed by atoms with E-state index >= 15 is 0 Å². The van der Waals surface area contributed by atoms with Crippen molar-refractivity contribution >= 4 is 11.7 Å². The van der Waals surface area contributed by atoms with Crippen molar-refractivity contribution in [2.75, 3.05) is 32.6 Å². The summed E-state index contributed by atoms with van der Waals surface area (Å²) in [5, 5.41) is 17.7. The summed E-state index contributed by atoms with van der Waals surface area (Å²) < 4.78 is 12.0. The van der Waals surface area contributed by atoms with E-state index in [0.29, 0.717) is 24.1 Å². The predicted molar refractivity (Wildman–Crippen MR) is 161 cm³/mol. The Kier molecular flexibility index (Phi) is 7.07. The molecule has 0 unspecified atom stereocenters. The van der Waals surface area contributed by atoms with E-state index in [1.807, 2.05) is 66.9 Å². The molecule has 0 spiro atoms. The molecular formula is C30H35N11O.